The molecule has 2 aromatic carbocycles. The third-order valence-electron chi connectivity index (χ3n) is 3.44. The summed E-state index contributed by atoms with van der Waals surface area (Å²) in [6.07, 6.45) is 1.55. The van der Waals surface area contributed by atoms with Crippen LogP contribution in [0.25, 0.3) is 6.08 Å². The van der Waals surface area contributed by atoms with Crippen LogP contribution in [-0.2, 0) is 9.53 Å². The topological polar surface area (TPSA) is 47.9 Å². The molecule has 0 spiro atoms. The summed E-state index contributed by atoms with van der Waals surface area (Å²) in [5, 5.41) is 0. The Morgan fingerprint density at radius 2 is 1.91 bits per heavy atom. The SMILES string of the molecule is COc1c(C)cccc1C1=NC(=Cc2ccc(F)cc2)C(=O)O1. The highest BCUT2D eigenvalue weighted by molar-refractivity contribution is 6.13. The highest BCUT2D eigenvalue weighted by Gasteiger charge is 2.26. The summed E-state index contributed by atoms with van der Waals surface area (Å²) in [4.78, 5) is 16.2. The average Bonchev–Trinajstić information content (AvgIpc) is 2.90. The van der Waals surface area contributed by atoms with Gasteiger partial charge in [-0.15, -0.1) is 0 Å². The van der Waals surface area contributed by atoms with Gasteiger partial charge in [-0.2, -0.15) is 0 Å². The van der Waals surface area contributed by atoms with Crippen molar-refractivity contribution in [2.45, 2.75) is 6.92 Å². The van der Waals surface area contributed by atoms with Crippen LogP contribution in [0.4, 0.5) is 4.39 Å². The second-order valence-electron chi connectivity index (χ2n) is 5.04. The van der Waals surface area contributed by atoms with Gasteiger partial charge in [0.15, 0.2) is 5.70 Å². The molecular weight excluding hydrogens is 297 g/mol. The van der Waals surface area contributed by atoms with E-state index in [-0.39, 0.29) is 17.4 Å². The van der Waals surface area contributed by atoms with E-state index in [4.69, 9.17) is 9.47 Å². The number of aliphatic imine (C=N–C) groups is 1. The second-order valence-corrected chi connectivity index (χ2v) is 5.04. The van der Waals surface area contributed by atoms with Gasteiger partial charge < -0.3 is 9.47 Å². The number of halogens is 1. The van der Waals surface area contributed by atoms with Gasteiger partial charge >= 0.3 is 5.97 Å². The van der Waals surface area contributed by atoms with Crippen molar-refractivity contribution in [3.05, 3.63) is 70.7 Å². The van der Waals surface area contributed by atoms with Crippen LogP contribution in [0.15, 0.2) is 53.2 Å². The van der Waals surface area contributed by atoms with Gasteiger partial charge in [0, 0.05) is 0 Å². The van der Waals surface area contributed by atoms with Crippen LogP contribution in [0.5, 0.6) is 5.75 Å². The zero-order valence-corrected chi connectivity index (χ0v) is 12.7. The van der Waals surface area contributed by atoms with E-state index in [1.807, 2.05) is 19.1 Å². The number of hydrogen-bond donors (Lipinski definition) is 0. The third kappa shape index (κ3) is 2.99. The minimum Gasteiger partial charge on any atom is -0.496 e. The molecule has 0 unspecified atom stereocenters. The summed E-state index contributed by atoms with van der Waals surface area (Å²) < 4.78 is 23.5. The van der Waals surface area contributed by atoms with E-state index in [9.17, 15) is 9.18 Å². The van der Waals surface area contributed by atoms with Crippen LogP contribution < -0.4 is 4.74 Å². The molecule has 0 saturated heterocycles. The fraction of sp³-hybridized carbons (Fsp3) is 0.111. The van der Waals surface area contributed by atoms with Gasteiger partial charge in [0.25, 0.3) is 0 Å². The molecule has 0 radical (unpaired) electrons. The lowest BCUT2D eigenvalue weighted by molar-refractivity contribution is -0.129. The van der Waals surface area contributed by atoms with Gasteiger partial charge in [-0.3, -0.25) is 0 Å². The fourth-order valence-corrected chi connectivity index (χ4v) is 2.33. The molecule has 0 aromatic heterocycles. The number of carbonyl (C=O) groups is 1. The minimum absolute atomic E-state index is 0.162. The normalized spacial score (nSPS) is 15.5. The molecule has 1 heterocycles. The van der Waals surface area contributed by atoms with Crippen molar-refractivity contribution >= 4 is 17.9 Å². The standard InChI is InChI=1S/C18H14FNO3/c1-11-4-3-5-14(16(11)22-2)17-20-15(18(21)23-17)10-12-6-8-13(19)9-7-12/h3-10H,1-2H3. The second kappa shape index (κ2) is 6.04. The van der Waals surface area contributed by atoms with E-state index in [2.05, 4.69) is 4.99 Å². The van der Waals surface area contributed by atoms with E-state index >= 15 is 0 Å². The third-order valence-corrected chi connectivity index (χ3v) is 3.44. The largest absolute Gasteiger partial charge is 0.496 e. The zero-order valence-electron chi connectivity index (χ0n) is 12.7. The highest BCUT2D eigenvalue weighted by Crippen LogP contribution is 2.27. The Kier molecular flexibility index (Phi) is 3.93. The van der Waals surface area contributed by atoms with Crippen LogP contribution in [0.2, 0.25) is 0 Å². The van der Waals surface area contributed by atoms with Crippen LogP contribution in [0, 0.1) is 12.7 Å². The number of rotatable bonds is 3. The molecule has 0 N–H and O–H groups in total. The first-order valence-electron chi connectivity index (χ1n) is 7.00. The molecule has 0 bridgehead atoms. The van der Waals surface area contributed by atoms with Crippen molar-refractivity contribution in [1.29, 1.82) is 0 Å². The number of cyclic esters (lactones) is 1. The molecule has 1 aliphatic heterocycles. The molecule has 0 saturated carbocycles. The Morgan fingerprint density at radius 1 is 1.17 bits per heavy atom. The van der Waals surface area contributed by atoms with E-state index in [1.165, 1.54) is 12.1 Å². The van der Waals surface area contributed by atoms with Gasteiger partial charge in [0.05, 0.1) is 12.7 Å². The molecule has 116 valence electrons. The van der Waals surface area contributed by atoms with E-state index in [1.54, 1.807) is 31.4 Å². The molecule has 0 aliphatic carbocycles. The number of carbonyl (C=O) groups excluding carboxylic acids is 1. The summed E-state index contributed by atoms with van der Waals surface area (Å²) in [5.41, 5.74) is 2.36. The Balaban J connectivity index is 1.99. The molecule has 0 amide bonds. The number of methoxy groups -OCH3 is 1. The molecule has 23 heavy (non-hydrogen) atoms. The first-order chi connectivity index (χ1) is 11.1. The van der Waals surface area contributed by atoms with Crippen molar-refractivity contribution in [3.8, 4) is 5.75 Å². The first-order valence-corrected chi connectivity index (χ1v) is 7.00. The molecule has 1 aliphatic rings. The van der Waals surface area contributed by atoms with E-state index < -0.39 is 5.97 Å². The van der Waals surface area contributed by atoms with Crippen LogP contribution in [0.3, 0.4) is 0 Å². The smallest absolute Gasteiger partial charge is 0.363 e. The summed E-state index contributed by atoms with van der Waals surface area (Å²) in [7, 11) is 1.55. The van der Waals surface area contributed by atoms with Gasteiger partial charge in [-0.25, -0.2) is 14.2 Å². The average molecular weight is 311 g/mol. The highest BCUT2D eigenvalue weighted by atomic mass is 19.1. The van der Waals surface area contributed by atoms with Gasteiger partial charge in [0.2, 0.25) is 5.90 Å². The Hall–Kier alpha value is -2.95. The molecule has 4 nitrogen and oxygen atoms in total. The number of esters is 1. The molecule has 0 fully saturated rings. The molecule has 3 rings (SSSR count). The van der Waals surface area contributed by atoms with Crippen LogP contribution >= 0.6 is 0 Å². The maximum absolute atomic E-state index is 12.9. The Labute approximate surface area is 132 Å². The summed E-state index contributed by atoms with van der Waals surface area (Å²) in [5.74, 6) is -0.0753. The quantitative estimate of drug-likeness (QED) is 0.644. The predicted octanol–water partition coefficient (Wildman–Crippen LogP) is 3.49. The Bertz CT molecular complexity index is 823. The summed E-state index contributed by atoms with van der Waals surface area (Å²) in [6, 6.07) is 11.3. The monoisotopic (exact) mass is 311 g/mol. The van der Waals surface area contributed by atoms with E-state index in [0.717, 1.165) is 5.56 Å². The van der Waals surface area contributed by atoms with Gasteiger partial charge in [-0.05, 0) is 42.3 Å². The van der Waals surface area contributed by atoms with E-state index in [0.29, 0.717) is 16.9 Å². The Morgan fingerprint density at radius 3 is 2.61 bits per heavy atom. The van der Waals surface area contributed by atoms with Gasteiger partial charge in [0.1, 0.15) is 11.6 Å². The lowest BCUT2D eigenvalue weighted by atomic mass is 10.1. The molecular formula is C18H14FNO3. The molecule has 2 aromatic rings. The van der Waals surface area contributed by atoms with Crippen molar-refractivity contribution in [2.24, 2.45) is 4.99 Å². The van der Waals surface area contributed by atoms with Crippen molar-refractivity contribution < 1.29 is 18.7 Å². The number of aryl methyl sites for hydroxylation is 1. The van der Waals surface area contributed by atoms with Crippen LogP contribution in [0.1, 0.15) is 16.7 Å². The van der Waals surface area contributed by atoms with Gasteiger partial charge in [-0.1, -0.05) is 24.3 Å². The summed E-state index contributed by atoms with van der Waals surface area (Å²) in [6.45, 7) is 1.90. The van der Waals surface area contributed by atoms with Crippen molar-refractivity contribution in [1.82, 2.24) is 0 Å². The molecule has 5 heteroatoms. The lowest BCUT2D eigenvalue weighted by Crippen LogP contribution is -2.07. The zero-order chi connectivity index (χ0) is 16.4. The molecule has 0 atom stereocenters. The maximum atomic E-state index is 12.9. The number of nitrogens with zero attached hydrogens (tertiary/aromatic N) is 1. The minimum atomic E-state index is -0.548. The number of benzene rings is 2. The van der Waals surface area contributed by atoms with Crippen LogP contribution in [-0.4, -0.2) is 19.0 Å². The maximum Gasteiger partial charge on any atom is 0.363 e. The number of hydrogen-bond acceptors (Lipinski definition) is 4. The first kappa shape index (κ1) is 15.0. The number of ether oxygens (including phenoxy) is 2. The van der Waals surface area contributed by atoms with Crippen molar-refractivity contribution in [2.75, 3.05) is 7.11 Å². The summed E-state index contributed by atoms with van der Waals surface area (Å²) >= 11 is 0. The number of para-hydroxylation sites is 1. The predicted molar refractivity (Wildman–Crippen MR) is 84.7 cm³/mol. The van der Waals surface area contributed by atoms with Crippen molar-refractivity contribution in [3.63, 3.8) is 0 Å². The lowest BCUT2D eigenvalue weighted by Gasteiger charge is -2.09. The fourth-order valence-electron chi connectivity index (χ4n) is 2.33.